The van der Waals surface area contributed by atoms with Crippen molar-refractivity contribution in [1.29, 1.82) is 0 Å². The van der Waals surface area contributed by atoms with Crippen molar-refractivity contribution in [2.45, 2.75) is 52.9 Å². The lowest BCUT2D eigenvalue weighted by Crippen LogP contribution is -2.38. The van der Waals surface area contributed by atoms with Crippen molar-refractivity contribution in [2.75, 3.05) is 33.2 Å². The fourth-order valence-corrected chi connectivity index (χ4v) is 3.52. The molecule has 1 aliphatic carbocycles. The molecule has 1 aliphatic rings. The molecular formula is C15H32N2. The molecule has 0 aliphatic heterocycles. The minimum atomic E-state index is 0.634. The largest absolute Gasteiger partial charge is 0.316 e. The minimum absolute atomic E-state index is 0.634. The lowest BCUT2D eigenvalue weighted by Gasteiger charge is -2.35. The quantitative estimate of drug-likeness (QED) is 0.656. The summed E-state index contributed by atoms with van der Waals surface area (Å²) in [5.74, 6) is 0.843. The van der Waals surface area contributed by atoms with Gasteiger partial charge < -0.3 is 10.2 Å². The molecule has 0 aromatic heterocycles. The molecule has 2 nitrogen and oxygen atoms in total. The van der Waals surface area contributed by atoms with E-state index >= 15 is 0 Å². The molecule has 0 heterocycles. The Bertz CT molecular complexity index is 195. The van der Waals surface area contributed by atoms with E-state index in [9.17, 15) is 0 Å². The van der Waals surface area contributed by atoms with Crippen molar-refractivity contribution in [3.05, 3.63) is 0 Å². The molecule has 102 valence electrons. The summed E-state index contributed by atoms with van der Waals surface area (Å²) in [6.07, 6.45) is 7.23. The number of nitrogens with one attached hydrogen (secondary N) is 1. The number of nitrogens with zero attached hydrogens (tertiary/aromatic N) is 1. The highest BCUT2D eigenvalue weighted by atomic mass is 15.1. The third-order valence-corrected chi connectivity index (χ3v) is 4.03. The Morgan fingerprint density at radius 1 is 1.24 bits per heavy atom. The zero-order valence-corrected chi connectivity index (χ0v) is 12.4. The molecule has 0 unspecified atom stereocenters. The third-order valence-electron chi connectivity index (χ3n) is 4.03. The van der Waals surface area contributed by atoms with Crippen LogP contribution in [0.4, 0.5) is 0 Å². The number of rotatable bonds is 8. The molecule has 0 aromatic rings. The zero-order chi connectivity index (χ0) is 12.7. The number of hydrogen-bond acceptors (Lipinski definition) is 2. The monoisotopic (exact) mass is 240 g/mol. The normalized spacial score (nSPS) is 19.4. The third kappa shape index (κ3) is 5.39. The second-order valence-electron chi connectivity index (χ2n) is 6.40. The van der Waals surface area contributed by atoms with Crippen molar-refractivity contribution in [1.82, 2.24) is 10.2 Å². The van der Waals surface area contributed by atoms with Crippen molar-refractivity contribution in [3.8, 4) is 0 Å². The van der Waals surface area contributed by atoms with Gasteiger partial charge in [0.05, 0.1) is 0 Å². The predicted octanol–water partition coefficient (Wildman–Crippen LogP) is 3.13. The van der Waals surface area contributed by atoms with E-state index in [2.05, 4.69) is 38.0 Å². The van der Waals surface area contributed by atoms with Crippen LogP contribution in [0.2, 0.25) is 0 Å². The zero-order valence-electron chi connectivity index (χ0n) is 12.4. The molecule has 0 saturated heterocycles. The van der Waals surface area contributed by atoms with Gasteiger partial charge in [-0.1, -0.05) is 33.6 Å². The first kappa shape index (κ1) is 15.0. The van der Waals surface area contributed by atoms with E-state index in [4.69, 9.17) is 0 Å². The van der Waals surface area contributed by atoms with E-state index in [0.29, 0.717) is 5.41 Å². The summed E-state index contributed by atoms with van der Waals surface area (Å²) in [6, 6.07) is 0. The molecule has 2 heteroatoms. The van der Waals surface area contributed by atoms with Crippen LogP contribution in [0.25, 0.3) is 0 Å². The molecule has 17 heavy (non-hydrogen) atoms. The van der Waals surface area contributed by atoms with Gasteiger partial charge in [-0.25, -0.2) is 0 Å². The molecule has 0 spiro atoms. The summed E-state index contributed by atoms with van der Waals surface area (Å²) in [7, 11) is 2.29. The average molecular weight is 240 g/mol. The van der Waals surface area contributed by atoms with Gasteiger partial charge in [-0.05, 0) is 44.2 Å². The fourth-order valence-electron chi connectivity index (χ4n) is 3.52. The Morgan fingerprint density at radius 3 is 2.41 bits per heavy atom. The summed E-state index contributed by atoms with van der Waals surface area (Å²) in [5, 5.41) is 3.42. The minimum Gasteiger partial charge on any atom is -0.316 e. The SMILES string of the molecule is CCNCCN(C)CC1(CC(C)C)CCCC1. The Morgan fingerprint density at radius 2 is 1.88 bits per heavy atom. The van der Waals surface area contributed by atoms with Crippen LogP contribution in [0.1, 0.15) is 52.9 Å². The van der Waals surface area contributed by atoms with Crippen molar-refractivity contribution < 1.29 is 0 Å². The summed E-state index contributed by atoms with van der Waals surface area (Å²) in [4.78, 5) is 2.54. The smallest absolute Gasteiger partial charge is 0.0104 e. The van der Waals surface area contributed by atoms with Gasteiger partial charge in [-0.15, -0.1) is 0 Å². The van der Waals surface area contributed by atoms with Crippen LogP contribution in [0.3, 0.4) is 0 Å². The van der Waals surface area contributed by atoms with Crippen LogP contribution in [0.5, 0.6) is 0 Å². The van der Waals surface area contributed by atoms with E-state index in [1.807, 2.05) is 0 Å². The van der Waals surface area contributed by atoms with Crippen LogP contribution in [0, 0.1) is 11.3 Å². The van der Waals surface area contributed by atoms with Gasteiger partial charge in [0.2, 0.25) is 0 Å². The number of likely N-dealkylation sites (N-methyl/N-ethyl adjacent to an activating group) is 2. The molecular weight excluding hydrogens is 208 g/mol. The van der Waals surface area contributed by atoms with Gasteiger partial charge >= 0.3 is 0 Å². The second kappa shape index (κ2) is 7.38. The molecule has 1 rings (SSSR count). The lowest BCUT2D eigenvalue weighted by atomic mass is 9.78. The molecule has 0 atom stereocenters. The van der Waals surface area contributed by atoms with Crippen LogP contribution in [-0.4, -0.2) is 38.1 Å². The maximum absolute atomic E-state index is 3.42. The molecule has 1 N–H and O–H groups in total. The number of hydrogen-bond donors (Lipinski definition) is 1. The topological polar surface area (TPSA) is 15.3 Å². The van der Waals surface area contributed by atoms with Gasteiger partial charge in [0.15, 0.2) is 0 Å². The van der Waals surface area contributed by atoms with Crippen molar-refractivity contribution >= 4 is 0 Å². The molecule has 0 bridgehead atoms. The summed E-state index contributed by atoms with van der Waals surface area (Å²) in [6.45, 7) is 11.6. The van der Waals surface area contributed by atoms with Gasteiger partial charge in [-0.2, -0.15) is 0 Å². The first-order valence-corrected chi connectivity index (χ1v) is 7.47. The summed E-state index contributed by atoms with van der Waals surface area (Å²) in [5.41, 5.74) is 0.634. The molecule has 1 fully saturated rings. The highest BCUT2D eigenvalue weighted by Gasteiger charge is 2.35. The highest BCUT2D eigenvalue weighted by Crippen LogP contribution is 2.43. The average Bonchev–Trinajstić information content (AvgIpc) is 2.65. The van der Waals surface area contributed by atoms with Crippen LogP contribution < -0.4 is 5.32 Å². The Kier molecular flexibility index (Phi) is 6.50. The van der Waals surface area contributed by atoms with Gasteiger partial charge in [0.1, 0.15) is 0 Å². The van der Waals surface area contributed by atoms with Gasteiger partial charge in [0, 0.05) is 19.6 Å². The van der Waals surface area contributed by atoms with Crippen LogP contribution in [0.15, 0.2) is 0 Å². The summed E-state index contributed by atoms with van der Waals surface area (Å²) >= 11 is 0. The maximum Gasteiger partial charge on any atom is 0.0104 e. The molecule has 1 saturated carbocycles. The van der Waals surface area contributed by atoms with E-state index < -0.39 is 0 Å². The Hall–Kier alpha value is -0.0800. The second-order valence-corrected chi connectivity index (χ2v) is 6.40. The fraction of sp³-hybridized carbons (Fsp3) is 1.00. The Balaban J connectivity index is 2.37. The van der Waals surface area contributed by atoms with E-state index in [1.54, 1.807) is 0 Å². The molecule has 0 amide bonds. The molecule has 0 radical (unpaired) electrons. The Labute approximate surface area is 108 Å². The predicted molar refractivity (Wildman–Crippen MR) is 76.4 cm³/mol. The van der Waals surface area contributed by atoms with Crippen molar-refractivity contribution in [2.24, 2.45) is 11.3 Å². The first-order valence-electron chi connectivity index (χ1n) is 7.47. The lowest BCUT2D eigenvalue weighted by molar-refractivity contribution is 0.148. The van der Waals surface area contributed by atoms with Crippen molar-refractivity contribution in [3.63, 3.8) is 0 Å². The van der Waals surface area contributed by atoms with E-state index in [-0.39, 0.29) is 0 Å². The highest BCUT2D eigenvalue weighted by molar-refractivity contribution is 4.87. The first-order chi connectivity index (χ1) is 8.08. The summed E-state index contributed by atoms with van der Waals surface area (Å²) < 4.78 is 0. The maximum atomic E-state index is 3.42. The molecule has 0 aromatic carbocycles. The van der Waals surface area contributed by atoms with E-state index in [1.165, 1.54) is 45.2 Å². The van der Waals surface area contributed by atoms with Crippen LogP contribution in [-0.2, 0) is 0 Å². The standard InChI is InChI=1S/C15H32N2/c1-5-16-10-11-17(4)13-15(12-14(2)3)8-6-7-9-15/h14,16H,5-13H2,1-4H3. The van der Waals surface area contributed by atoms with Crippen LogP contribution >= 0.6 is 0 Å². The van der Waals surface area contributed by atoms with E-state index in [0.717, 1.165) is 19.0 Å². The van der Waals surface area contributed by atoms with Gasteiger partial charge in [-0.3, -0.25) is 0 Å². The van der Waals surface area contributed by atoms with Gasteiger partial charge in [0.25, 0.3) is 0 Å².